The average Bonchev–Trinajstić information content (AvgIpc) is 2.87. The first kappa shape index (κ1) is 27.9. The summed E-state index contributed by atoms with van der Waals surface area (Å²) < 4.78 is 44.8. The Morgan fingerprint density at radius 1 is 1.14 bits per heavy atom. The molecule has 2 amide bonds. The van der Waals surface area contributed by atoms with Crippen molar-refractivity contribution < 1.29 is 27.5 Å². The van der Waals surface area contributed by atoms with Gasteiger partial charge in [-0.2, -0.15) is 13.2 Å². The second-order valence-corrected chi connectivity index (χ2v) is 8.55. The van der Waals surface area contributed by atoms with Gasteiger partial charge in [-0.05, 0) is 48.9 Å². The van der Waals surface area contributed by atoms with E-state index in [0.717, 1.165) is 12.3 Å². The second-order valence-electron chi connectivity index (χ2n) is 8.15. The monoisotopic (exact) mass is 534 g/mol. The predicted molar refractivity (Wildman–Crippen MR) is 136 cm³/mol. The maximum Gasteiger partial charge on any atom is 0.433 e. The van der Waals surface area contributed by atoms with Gasteiger partial charge in [0.2, 0.25) is 5.91 Å². The third-order valence-electron chi connectivity index (χ3n) is 5.49. The molecule has 0 bridgehead atoms. The standard InChI is InChI=1S/C26H26ClF3N4O3/c1-16-13-23(26(28,29)30)33-15-19(16)18-14-17(7-8-20(18)27)25(36)34(2)21-5-3-4-6-22(21)37-12-9-24(35)32-11-10-31/h3-8,13-15H,9-12,31H2,1-2H3,(H,32,35). The van der Waals surface area contributed by atoms with Crippen LogP contribution < -0.4 is 20.7 Å². The van der Waals surface area contributed by atoms with Crippen LogP contribution in [0.5, 0.6) is 5.75 Å². The molecule has 3 N–H and O–H groups in total. The number of pyridine rings is 1. The van der Waals surface area contributed by atoms with Gasteiger partial charge in [-0.1, -0.05) is 23.7 Å². The van der Waals surface area contributed by atoms with Crippen molar-refractivity contribution in [3.63, 3.8) is 0 Å². The van der Waals surface area contributed by atoms with Gasteiger partial charge in [-0.25, -0.2) is 0 Å². The summed E-state index contributed by atoms with van der Waals surface area (Å²) >= 11 is 6.34. The molecule has 37 heavy (non-hydrogen) atoms. The summed E-state index contributed by atoms with van der Waals surface area (Å²) in [4.78, 5) is 30.0. The minimum absolute atomic E-state index is 0.0980. The highest BCUT2D eigenvalue weighted by atomic mass is 35.5. The summed E-state index contributed by atoms with van der Waals surface area (Å²) in [6, 6.07) is 12.4. The Hall–Kier alpha value is -3.63. The lowest BCUT2D eigenvalue weighted by Crippen LogP contribution is -2.30. The number of aromatic nitrogens is 1. The highest BCUT2D eigenvalue weighted by Crippen LogP contribution is 2.35. The number of para-hydroxylation sites is 2. The van der Waals surface area contributed by atoms with Gasteiger partial charge in [0, 0.05) is 48.0 Å². The maximum absolute atomic E-state index is 13.3. The fraction of sp³-hybridized carbons (Fsp3) is 0.269. The number of benzene rings is 2. The molecule has 1 aromatic heterocycles. The van der Waals surface area contributed by atoms with Crippen LogP contribution in [0.15, 0.2) is 54.7 Å². The molecular weight excluding hydrogens is 509 g/mol. The Morgan fingerprint density at radius 3 is 2.54 bits per heavy atom. The number of nitrogens with one attached hydrogen (secondary N) is 1. The Bertz CT molecular complexity index is 1280. The number of aryl methyl sites for hydroxylation is 1. The van der Waals surface area contributed by atoms with E-state index >= 15 is 0 Å². The fourth-order valence-corrected chi connectivity index (χ4v) is 3.79. The number of hydrogen-bond donors (Lipinski definition) is 2. The number of alkyl halides is 3. The van der Waals surface area contributed by atoms with Crippen LogP contribution in [-0.2, 0) is 11.0 Å². The van der Waals surface area contributed by atoms with E-state index in [4.69, 9.17) is 22.1 Å². The quantitative estimate of drug-likeness (QED) is 0.409. The van der Waals surface area contributed by atoms with Crippen LogP contribution in [-0.4, -0.2) is 43.5 Å². The zero-order chi connectivity index (χ0) is 27.2. The van der Waals surface area contributed by atoms with E-state index in [1.165, 1.54) is 30.0 Å². The smallest absolute Gasteiger partial charge is 0.433 e. The molecule has 0 saturated carbocycles. The molecule has 0 unspecified atom stereocenters. The van der Waals surface area contributed by atoms with Crippen LogP contribution >= 0.6 is 11.6 Å². The number of ether oxygens (including phenoxy) is 1. The van der Waals surface area contributed by atoms with Gasteiger partial charge in [0.1, 0.15) is 11.4 Å². The molecule has 0 saturated heterocycles. The Morgan fingerprint density at radius 2 is 1.86 bits per heavy atom. The van der Waals surface area contributed by atoms with Gasteiger partial charge >= 0.3 is 6.18 Å². The van der Waals surface area contributed by atoms with Gasteiger partial charge in [0.25, 0.3) is 5.91 Å². The molecular formula is C26H26ClF3N4O3. The third kappa shape index (κ3) is 6.99. The summed E-state index contributed by atoms with van der Waals surface area (Å²) in [5.74, 6) is -0.191. The first-order valence-electron chi connectivity index (χ1n) is 11.3. The van der Waals surface area contributed by atoms with Crippen molar-refractivity contribution in [2.24, 2.45) is 5.73 Å². The number of hydrogen-bond acceptors (Lipinski definition) is 5. The molecule has 0 fully saturated rings. The Balaban J connectivity index is 1.83. The van der Waals surface area contributed by atoms with Gasteiger partial charge in [-0.3, -0.25) is 14.6 Å². The van der Waals surface area contributed by atoms with E-state index < -0.39 is 17.8 Å². The molecule has 0 spiro atoms. The molecule has 0 aliphatic rings. The van der Waals surface area contributed by atoms with Crippen molar-refractivity contribution in [3.8, 4) is 16.9 Å². The predicted octanol–water partition coefficient (Wildman–Crippen LogP) is 4.85. The molecule has 0 aliphatic carbocycles. The van der Waals surface area contributed by atoms with E-state index in [2.05, 4.69) is 10.3 Å². The summed E-state index contributed by atoms with van der Waals surface area (Å²) in [5.41, 5.74) is 6.17. The van der Waals surface area contributed by atoms with Gasteiger partial charge in [-0.15, -0.1) is 0 Å². The number of carbonyl (C=O) groups is 2. The molecule has 7 nitrogen and oxygen atoms in total. The summed E-state index contributed by atoms with van der Waals surface area (Å²) in [7, 11) is 1.57. The van der Waals surface area contributed by atoms with E-state index in [1.807, 2.05) is 0 Å². The summed E-state index contributed by atoms with van der Waals surface area (Å²) in [6.45, 7) is 2.33. The highest BCUT2D eigenvalue weighted by molar-refractivity contribution is 6.33. The van der Waals surface area contributed by atoms with Crippen molar-refractivity contribution in [2.75, 3.05) is 31.6 Å². The molecule has 0 radical (unpaired) electrons. The van der Waals surface area contributed by atoms with Crippen LogP contribution in [0.4, 0.5) is 18.9 Å². The van der Waals surface area contributed by atoms with Gasteiger partial charge in [0.05, 0.1) is 18.7 Å². The van der Waals surface area contributed by atoms with Crippen LogP contribution in [0, 0.1) is 6.92 Å². The largest absolute Gasteiger partial charge is 0.491 e. The number of nitrogens with two attached hydrogens (primary N) is 1. The Labute approximate surface area is 217 Å². The van der Waals surface area contributed by atoms with Crippen molar-refractivity contribution in [2.45, 2.75) is 19.5 Å². The molecule has 3 aromatic rings. The normalized spacial score (nSPS) is 11.2. The maximum atomic E-state index is 13.3. The third-order valence-corrected chi connectivity index (χ3v) is 5.82. The van der Waals surface area contributed by atoms with Crippen molar-refractivity contribution in [1.82, 2.24) is 10.3 Å². The number of nitrogens with zero attached hydrogens (tertiary/aromatic N) is 2. The lowest BCUT2D eigenvalue weighted by atomic mass is 9.99. The van der Waals surface area contributed by atoms with Crippen molar-refractivity contribution in [3.05, 3.63) is 76.6 Å². The lowest BCUT2D eigenvalue weighted by Gasteiger charge is -2.21. The first-order chi connectivity index (χ1) is 17.5. The van der Waals surface area contributed by atoms with Crippen molar-refractivity contribution in [1.29, 1.82) is 0 Å². The van der Waals surface area contributed by atoms with E-state index in [0.29, 0.717) is 41.2 Å². The average molecular weight is 535 g/mol. The zero-order valence-electron chi connectivity index (χ0n) is 20.2. The number of halogens is 4. The van der Waals surface area contributed by atoms with Gasteiger partial charge in [0.15, 0.2) is 0 Å². The number of anilines is 1. The second kappa shape index (κ2) is 12.1. The number of carbonyl (C=O) groups excluding carboxylic acids is 2. The van der Waals surface area contributed by atoms with E-state index in [-0.39, 0.29) is 29.5 Å². The molecule has 3 rings (SSSR count). The molecule has 0 atom stereocenters. The fourth-order valence-electron chi connectivity index (χ4n) is 3.57. The van der Waals surface area contributed by atoms with Gasteiger partial charge < -0.3 is 20.7 Å². The minimum Gasteiger partial charge on any atom is -0.491 e. The summed E-state index contributed by atoms with van der Waals surface area (Å²) in [6.07, 6.45) is -3.35. The summed E-state index contributed by atoms with van der Waals surface area (Å²) in [5, 5.41) is 2.92. The van der Waals surface area contributed by atoms with E-state index in [9.17, 15) is 22.8 Å². The van der Waals surface area contributed by atoms with Crippen molar-refractivity contribution >= 4 is 29.1 Å². The Kier molecular flexibility index (Phi) is 9.12. The molecule has 1 heterocycles. The van der Waals surface area contributed by atoms with Crippen LogP contribution in [0.2, 0.25) is 5.02 Å². The first-order valence-corrected chi connectivity index (χ1v) is 11.7. The number of amides is 2. The van der Waals surface area contributed by atoms with E-state index in [1.54, 1.807) is 31.3 Å². The lowest BCUT2D eigenvalue weighted by molar-refractivity contribution is -0.141. The number of rotatable bonds is 9. The molecule has 196 valence electrons. The SMILES string of the molecule is Cc1cc(C(F)(F)F)ncc1-c1cc(C(=O)N(C)c2ccccc2OCCC(=O)NCCN)ccc1Cl. The topological polar surface area (TPSA) is 97.5 Å². The highest BCUT2D eigenvalue weighted by Gasteiger charge is 2.33. The molecule has 11 heteroatoms. The van der Waals surface area contributed by atoms with Crippen LogP contribution in [0.3, 0.4) is 0 Å². The zero-order valence-corrected chi connectivity index (χ0v) is 21.0. The van der Waals surface area contributed by atoms with Crippen LogP contribution in [0.25, 0.3) is 11.1 Å². The molecule has 0 aliphatic heterocycles. The van der Waals surface area contributed by atoms with Crippen LogP contribution in [0.1, 0.15) is 28.0 Å². The molecule has 2 aromatic carbocycles. The minimum atomic E-state index is -4.57.